The van der Waals surface area contributed by atoms with Crippen LogP contribution in [0.1, 0.15) is 0 Å². The van der Waals surface area contributed by atoms with Crippen LogP contribution in [0.4, 0.5) is 4.79 Å². The molecule has 1 heterocycles. The molecule has 0 aromatic carbocycles. The summed E-state index contributed by atoms with van der Waals surface area (Å²) in [7, 11) is -3.86. The normalized spacial score (nSPS) is 22.6. The average molecular weight is 444 g/mol. The van der Waals surface area contributed by atoms with Crippen LogP contribution in [0.2, 0.25) is 0 Å². The van der Waals surface area contributed by atoms with Crippen molar-refractivity contribution in [1.29, 1.82) is 0 Å². The van der Waals surface area contributed by atoms with Gasteiger partial charge in [0.25, 0.3) is 0 Å². The molecule has 0 aliphatic carbocycles. The first kappa shape index (κ1) is 14.4. The van der Waals surface area contributed by atoms with Crippen molar-refractivity contribution in [2.75, 3.05) is 6.54 Å². The molecule has 1 aliphatic rings. The van der Waals surface area contributed by atoms with Crippen LogP contribution in [0.3, 0.4) is 0 Å². The lowest BCUT2D eigenvalue weighted by Crippen LogP contribution is -2.61. The van der Waals surface area contributed by atoms with E-state index in [1.54, 1.807) is 0 Å². The van der Waals surface area contributed by atoms with Gasteiger partial charge in [-0.25, -0.2) is 13.2 Å². The summed E-state index contributed by atoms with van der Waals surface area (Å²) in [6, 6.07) is -1.70. The molecule has 1 unspecified atom stereocenters. The van der Waals surface area contributed by atoms with E-state index in [0.29, 0.717) is 0 Å². The Morgan fingerprint density at radius 3 is 2.31 bits per heavy atom. The van der Waals surface area contributed by atoms with E-state index in [0.717, 1.165) is 0 Å². The zero-order valence-corrected chi connectivity index (χ0v) is 13.0. The van der Waals surface area contributed by atoms with Crippen LogP contribution in [-0.2, 0) is 14.8 Å². The minimum Gasteiger partial charge on any atom is -0.336 e. The number of urea groups is 1. The Morgan fingerprint density at radius 2 is 1.88 bits per heavy atom. The molecule has 7 nitrogen and oxygen atoms in total. The van der Waals surface area contributed by atoms with E-state index in [1.807, 2.05) is 5.32 Å². The van der Waals surface area contributed by atoms with Gasteiger partial charge >= 0.3 is 6.03 Å². The first-order valence-electron chi connectivity index (χ1n) is 3.81. The number of nitrogens with one attached hydrogen (secondary N) is 3. The zero-order chi connectivity index (χ0) is 12.6. The van der Waals surface area contributed by atoms with E-state index in [9.17, 15) is 18.0 Å². The third-order valence-corrected chi connectivity index (χ3v) is 6.66. The van der Waals surface area contributed by atoms with Gasteiger partial charge in [0, 0.05) is 6.54 Å². The maximum atomic E-state index is 11.6. The molecule has 0 aromatic rings. The van der Waals surface area contributed by atoms with Crippen LogP contribution in [0.25, 0.3) is 0 Å². The summed E-state index contributed by atoms with van der Waals surface area (Å²) in [5.74, 6) is -0.705. The number of imide groups is 1. The molecule has 11 heteroatoms. The Balaban J connectivity index is 2.76. The number of alkyl halides is 3. The highest BCUT2D eigenvalue weighted by Crippen LogP contribution is 2.38. The lowest BCUT2D eigenvalue weighted by Gasteiger charge is -2.24. The van der Waals surface area contributed by atoms with Gasteiger partial charge in [-0.05, 0) is 47.8 Å². The average Bonchev–Trinajstić information content (AvgIpc) is 2.08. The molecule has 16 heavy (non-hydrogen) atoms. The number of carbonyl (C=O) groups is 2. The van der Waals surface area contributed by atoms with E-state index in [1.165, 1.54) is 0 Å². The molecule has 1 saturated heterocycles. The number of sulfonamides is 1. The lowest BCUT2D eigenvalue weighted by molar-refractivity contribution is -0.122. The summed E-state index contributed by atoms with van der Waals surface area (Å²) in [4.78, 5) is 22.0. The largest absolute Gasteiger partial charge is 0.336 e. The summed E-state index contributed by atoms with van der Waals surface area (Å²) >= 11 is 8.47. The molecule has 1 atom stereocenters. The number of carbonyl (C=O) groups excluding carboxylic acids is 2. The van der Waals surface area contributed by atoms with Crippen LogP contribution in [-0.4, -0.2) is 34.4 Å². The predicted molar refractivity (Wildman–Crippen MR) is 66.9 cm³/mol. The topological polar surface area (TPSA) is 104 Å². The first-order valence-corrected chi connectivity index (χ1v) is 7.67. The lowest BCUT2D eigenvalue weighted by atomic mass is 10.2. The van der Waals surface area contributed by atoms with Crippen LogP contribution in [0, 0.1) is 0 Å². The molecule has 92 valence electrons. The van der Waals surface area contributed by atoms with Crippen molar-refractivity contribution in [1.82, 2.24) is 15.4 Å². The Bertz CT molecular complexity index is 417. The minimum atomic E-state index is -3.86. The number of hydrogen-bond donors (Lipinski definition) is 3. The third kappa shape index (κ3) is 3.39. The van der Waals surface area contributed by atoms with Crippen molar-refractivity contribution >= 4 is 69.8 Å². The van der Waals surface area contributed by atoms with Gasteiger partial charge in [-0.2, -0.15) is 4.72 Å². The number of rotatable bonds is 2. The summed E-state index contributed by atoms with van der Waals surface area (Å²) in [6.07, 6.45) is 0. The van der Waals surface area contributed by atoms with Crippen LogP contribution < -0.4 is 15.4 Å². The fourth-order valence-electron chi connectivity index (χ4n) is 0.880. The van der Waals surface area contributed by atoms with Gasteiger partial charge < -0.3 is 5.32 Å². The summed E-state index contributed by atoms with van der Waals surface area (Å²) in [5, 5.41) is 4.23. The van der Waals surface area contributed by atoms with Crippen LogP contribution in [0.5, 0.6) is 0 Å². The monoisotopic (exact) mass is 441 g/mol. The van der Waals surface area contributed by atoms with Gasteiger partial charge in [0.1, 0.15) is 6.04 Å². The molecule has 3 amide bonds. The Hall–Kier alpha value is 0.290. The Morgan fingerprint density at radius 1 is 1.31 bits per heavy atom. The molecular weight excluding hydrogens is 438 g/mol. The van der Waals surface area contributed by atoms with Gasteiger partial charge in [-0.3, -0.25) is 10.1 Å². The SMILES string of the molecule is O=C1NCC(NS(=O)(=O)C(Br)(Br)Br)C(=O)N1. The van der Waals surface area contributed by atoms with Gasteiger partial charge in [0.2, 0.25) is 17.4 Å². The molecule has 1 aliphatic heterocycles. The standard InChI is InChI=1S/C5H6Br3N3O4S/c6-5(7,8)16(14,15)11-2-1-9-4(13)10-3(2)12/h2,11H,1H2,(H2,9,10,12,13). The van der Waals surface area contributed by atoms with Crippen molar-refractivity contribution in [3.63, 3.8) is 0 Å². The second kappa shape index (κ2) is 4.88. The summed E-state index contributed by atoms with van der Waals surface area (Å²) in [6.45, 7) is -0.104. The van der Waals surface area contributed by atoms with Crippen molar-refractivity contribution in [3.05, 3.63) is 0 Å². The van der Waals surface area contributed by atoms with Crippen LogP contribution in [0.15, 0.2) is 0 Å². The van der Waals surface area contributed by atoms with Gasteiger partial charge in [-0.1, -0.05) is 0 Å². The molecule has 0 radical (unpaired) electrons. The van der Waals surface area contributed by atoms with Crippen molar-refractivity contribution < 1.29 is 18.0 Å². The highest BCUT2D eigenvalue weighted by molar-refractivity contribution is 9.42. The summed E-state index contributed by atoms with van der Waals surface area (Å²) < 4.78 is 23.7. The van der Waals surface area contributed by atoms with E-state index >= 15 is 0 Å². The third-order valence-electron chi connectivity index (χ3n) is 1.62. The molecule has 0 spiro atoms. The maximum Gasteiger partial charge on any atom is 0.321 e. The summed E-state index contributed by atoms with van der Waals surface area (Å²) in [5.41, 5.74) is 0. The second-order valence-corrected chi connectivity index (χ2v) is 13.0. The van der Waals surface area contributed by atoms with Gasteiger partial charge in [0.15, 0.2) is 0 Å². The highest BCUT2D eigenvalue weighted by atomic mass is 80.0. The van der Waals surface area contributed by atoms with Crippen LogP contribution >= 0.6 is 47.8 Å². The number of halogens is 3. The molecular formula is C5H6Br3N3O4S. The first-order chi connectivity index (χ1) is 7.13. The number of hydrogen-bond acceptors (Lipinski definition) is 4. The van der Waals surface area contributed by atoms with Gasteiger partial charge in [0.05, 0.1) is 0 Å². The Kier molecular flexibility index (Phi) is 4.38. The fourth-order valence-corrected chi connectivity index (χ4v) is 2.42. The molecule has 1 rings (SSSR count). The van der Waals surface area contributed by atoms with E-state index in [4.69, 9.17) is 0 Å². The fraction of sp³-hybridized carbons (Fsp3) is 0.600. The second-order valence-electron chi connectivity index (χ2n) is 2.82. The highest BCUT2D eigenvalue weighted by Gasteiger charge is 2.40. The quantitative estimate of drug-likeness (QED) is 0.519. The molecule has 0 aromatic heterocycles. The molecule has 1 fully saturated rings. The minimum absolute atomic E-state index is 0.104. The predicted octanol–water partition coefficient (Wildman–Crippen LogP) is -0.0902. The zero-order valence-electron chi connectivity index (χ0n) is 7.46. The molecule has 0 saturated carbocycles. The van der Waals surface area contributed by atoms with Gasteiger partial charge in [-0.15, -0.1) is 0 Å². The maximum absolute atomic E-state index is 11.6. The van der Waals surface area contributed by atoms with Crippen molar-refractivity contribution in [2.45, 2.75) is 7.52 Å². The van der Waals surface area contributed by atoms with Crippen molar-refractivity contribution in [3.8, 4) is 0 Å². The van der Waals surface area contributed by atoms with E-state index in [2.05, 4.69) is 57.8 Å². The van der Waals surface area contributed by atoms with Crippen molar-refractivity contribution in [2.24, 2.45) is 0 Å². The van der Waals surface area contributed by atoms with E-state index in [-0.39, 0.29) is 6.54 Å². The molecule has 3 N–H and O–H groups in total. The smallest absolute Gasteiger partial charge is 0.321 e. The Labute approximate surface area is 117 Å². The van der Waals surface area contributed by atoms with E-state index < -0.39 is 29.5 Å². The number of amides is 3. The molecule has 0 bridgehead atoms.